The van der Waals surface area contributed by atoms with Crippen molar-refractivity contribution in [2.45, 2.75) is 18.9 Å². The highest BCUT2D eigenvalue weighted by molar-refractivity contribution is 5.87. The van der Waals surface area contributed by atoms with Crippen LogP contribution in [0.25, 0.3) is 0 Å². The van der Waals surface area contributed by atoms with Gasteiger partial charge in [0.2, 0.25) is 0 Å². The molecule has 0 bridgehead atoms. The van der Waals surface area contributed by atoms with Gasteiger partial charge in [0.15, 0.2) is 0 Å². The van der Waals surface area contributed by atoms with Crippen molar-refractivity contribution in [3.63, 3.8) is 0 Å². The van der Waals surface area contributed by atoms with E-state index in [1.54, 1.807) is 0 Å². The number of nitrogens with zero attached hydrogens (tertiary/aromatic N) is 1. The first kappa shape index (κ1) is 12.5. The van der Waals surface area contributed by atoms with E-state index in [2.05, 4.69) is 21.7 Å². The van der Waals surface area contributed by atoms with Crippen molar-refractivity contribution in [3.8, 4) is 0 Å². The number of hydrogen-bond donors (Lipinski definition) is 3. The third kappa shape index (κ3) is 2.56. The van der Waals surface area contributed by atoms with E-state index in [9.17, 15) is 4.79 Å². The Morgan fingerprint density at radius 2 is 1.95 bits per heavy atom. The van der Waals surface area contributed by atoms with Gasteiger partial charge in [-0.2, -0.15) is 0 Å². The smallest absolute Gasteiger partial charge is 0.316 e. The zero-order chi connectivity index (χ0) is 13.9. The van der Waals surface area contributed by atoms with E-state index in [-0.39, 0.29) is 6.04 Å². The maximum absolute atomic E-state index is 10.8. The minimum absolute atomic E-state index is 0.251. The Morgan fingerprint density at radius 3 is 2.70 bits per heavy atom. The Bertz CT molecular complexity index is 624. The summed E-state index contributed by atoms with van der Waals surface area (Å²) in [5.74, 6) is 0. The fourth-order valence-electron chi connectivity index (χ4n) is 2.55. The van der Waals surface area contributed by atoms with Crippen LogP contribution in [0.5, 0.6) is 0 Å². The summed E-state index contributed by atoms with van der Waals surface area (Å²) >= 11 is 0. The number of urea groups is 1. The van der Waals surface area contributed by atoms with Crippen LogP contribution in [0.15, 0.2) is 42.6 Å². The quantitative estimate of drug-likeness (QED) is 0.800. The number of hydrogen-bond acceptors (Lipinski definition) is 3. The lowest BCUT2D eigenvalue weighted by molar-refractivity contribution is 0.259. The maximum Gasteiger partial charge on any atom is 0.316 e. The highest BCUT2D eigenvalue weighted by Crippen LogP contribution is 2.32. The molecule has 1 heterocycles. The number of nitrogens with one attached hydrogen (secondary N) is 2. The van der Waals surface area contributed by atoms with E-state index in [1.807, 2.05) is 36.5 Å². The van der Waals surface area contributed by atoms with Gasteiger partial charge in [-0.3, -0.25) is 4.98 Å². The number of aromatic nitrogens is 1. The molecule has 1 aliphatic carbocycles. The van der Waals surface area contributed by atoms with E-state index in [4.69, 9.17) is 5.73 Å². The van der Waals surface area contributed by atoms with Crippen LogP contribution in [-0.4, -0.2) is 11.0 Å². The molecule has 102 valence electrons. The third-order valence-corrected chi connectivity index (χ3v) is 3.45. The van der Waals surface area contributed by atoms with Gasteiger partial charge in [0.1, 0.15) is 0 Å². The average Bonchev–Trinajstić information content (AvgIpc) is 2.84. The molecular formula is C15H16N4O. The van der Waals surface area contributed by atoms with E-state index in [0.29, 0.717) is 5.69 Å². The molecule has 0 radical (unpaired) electrons. The SMILES string of the molecule is NC(=O)Nc1ccc(NC2CCc3cccnc32)cc1. The largest absolute Gasteiger partial charge is 0.377 e. The summed E-state index contributed by atoms with van der Waals surface area (Å²) in [5.41, 5.74) is 9.21. The van der Waals surface area contributed by atoms with Gasteiger partial charge in [-0.1, -0.05) is 6.07 Å². The van der Waals surface area contributed by atoms with Crippen molar-refractivity contribution in [2.24, 2.45) is 5.73 Å². The van der Waals surface area contributed by atoms with Crippen LogP contribution in [-0.2, 0) is 6.42 Å². The monoisotopic (exact) mass is 268 g/mol. The van der Waals surface area contributed by atoms with Gasteiger partial charge in [-0.25, -0.2) is 4.79 Å². The summed E-state index contributed by atoms with van der Waals surface area (Å²) in [6.45, 7) is 0. The van der Waals surface area contributed by atoms with Crippen LogP contribution in [0.2, 0.25) is 0 Å². The molecule has 2 amide bonds. The van der Waals surface area contributed by atoms with Gasteiger partial charge in [0, 0.05) is 17.6 Å². The van der Waals surface area contributed by atoms with Crippen molar-refractivity contribution in [1.82, 2.24) is 4.98 Å². The third-order valence-electron chi connectivity index (χ3n) is 3.45. The number of primary amides is 1. The Kier molecular flexibility index (Phi) is 3.25. The number of nitrogens with two attached hydrogens (primary N) is 1. The molecular weight excluding hydrogens is 252 g/mol. The van der Waals surface area contributed by atoms with E-state index in [0.717, 1.165) is 24.2 Å². The van der Waals surface area contributed by atoms with Crippen molar-refractivity contribution >= 4 is 17.4 Å². The summed E-state index contributed by atoms with van der Waals surface area (Å²) in [5, 5.41) is 6.01. The normalized spacial score (nSPS) is 16.5. The summed E-state index contributed by atoms with van der Waals surface area (Å²) in [4.78, 5) is 15.2. The second kappa shape index (κ2) is 5.21. The lowest BCUT2D eigenvalue weighted by Gasteiger charge is -2.15. The van der Waals surface area contributed by atoms with Gasteiger partial charge in [0.05, 0.1) is 11.7 Å². The van der Waals surface area contributed by atoms with Crippen molar-refractivity contribution in [3.05, 3.63) is 53.9 Å². The van der Waals surface area contributed by atoms with Crippen LogP contribution >= 0.6 is 0 Å². The first-order valence-electron chi connectivity index (χ1n) is 6.59. The minimum atomic E-state index is -0.556. The predicted octanol–water partition coefficient (Wildman–Crippen LogP) is 2.67. The molecule has 0 fully saturated rings. The van der Waals surface area contributed by atoms with E-state index in [1.165, 1.54) is 5.56 Å². The lowest BCUT2D eigenvalue weighted by Crippen LogP contribution is -2.19. The zero-order valence-corrected chi connectivity index (χ0v) is 11.0. The molecule has 1 atom stereocenters. The number of pyridine rings is 1. The molecule has 5 nitrogen and oxygen atoms in total. The molecule has 1 unspecified atom stereocenters. The molecule has 1 aromatic heterocycles. The molecule has 5 heteroatoms. The van der Waals surface area contributed by atoms with Crippen molar-refractivity contribution < 1.29 is 4.79 Å². The fourth-order valence-corrected chi connectivity index (χ4v) is 2.55. The molecule has 1 aliphatic rings. The molecule has 0 spiro atoms. The number of fused-ring (bicyclic) bond motifs is 1. The van der Waals surface area contributed by atoms with Crippen LogP contribution < -0.4 is 16.4 Å². The van der Waals surface area contributed by atoms with Crippen LogP contribution in [0.1, 0.15) is 23.7 Å². The summed E-state index contributed by atoms with van der Waals surface area (Å²) in [6, 6.07) is 11.3. The molecule has 1 aromatic carbocycles. The topological polar surface area (TPSA) is 80.0 Å². The second-order valence-corrected chi connectivity index (χ2v) is 4.85. The first-order valence-corrected chi connectivity index (χ1v) is 6.59. The molecule has 0 saturated carbocycles. The van der Waals surface area contributed by atoms with Gasteiger partial charge in [-0.15, -0.1) is 0 Å². The van der Waals surface area contributed by atoms with Crippen LogP contribution in [0.4, 0.5) is 16.2 Å². The average molecular weight is 268 g/mol. The van der Waals surface area contributed by atoms with Crippen LogP contribution in [0.3, 0.4) is 0 Å². The maximum atomic E-state index is 10.8. The Labute approximate surface area is 117 Å². The molecule has 20 heavy (non-hydrogen) atoms. The summed E-state index contributed by atoms with van der Waals surface area (Å²) < 4.78 is 0. The minimum Gasteiger partial charge on any atom is -0.377 e. The highest BCUT2D eigenvalue weighted by Gasteiger charge is 2.23. The summed E-state index contributed by atoms with van der Waals surface area (Å²) in [7, 11) is 0. The molecule has 3 rings (SSSR count). The number of anilines is 2. The molecule has 0 aliphatic heterocycles. The number of aryl methyl sites for hydroxylation is 1. The van der Waals surface area contributed by atoms with Gasteiger partial charge < -0.3 is 16.4 Å². The molecule has 0 saturated heterocycles. The van der Waals surface area contributed by atoms with Crippen LogP contribution in [0, 0.1) is 0 Å². The second-order valence-electron chi connectivity index (χ2n) is 4.85. The number of benzene rings is 1. The zero-order valence-electron chi connectivity index (χ0n) is 11.0. The number of carbonyl (C=O) groups is 1. The van der Waals surface area contributed by atoms with Crippen molar-refractivity contribution in [2.75, 3.05) is 10.6 Å². The summed E-state index contributed by atoms with van der Waals surface area (Å²) in [6.07, 6.45) is 3.94. The van der Waals surface area contributed by atoms with Gasteiger partial charge in [0.25, 0.3) is 0 Å². The predicted molar refractivity (Wildman–Crippen MR) is 78.6 cm³/mol. The lowest BCUT2D eigenvalue weighted by atomic mass is 10.2. The fraction of sp³-hybridized carbons (Fsp3) is 0.200. The molecule has 4 N–H and O–H groups in total. The van der Waals surface area contributed by atoms with Gasteiger partial charge in [-0.05, 0) is 48.7 Å². The van der Waals surface area contributed by atoms with Crippen molar-refractivity contribution in [1.29, 1.82) is 0 Å². The Morgan fingerprint density at radius 1 is 1.20 bits per heavy atom. The standard InChI is InChI=1S/C15H16N4O/c16-15(20)19-12-6-4-11(5-7-12)18-13-8-3-10-2-1-9-17-14(10)13/h1-2,4-7,9,13,18H,3,8H2,(H3,16,19,20). The van der Waals surface area contributed by atoms with E-state index < -0.39 is 6.03 Å². The Hall–Kier alpha value is -2.56. The number of rotatable bonds is 3. The number of carbonyl (C=O) groups excluding carboxylic acids is 1. The Balaban J connectivity index is 1.71. The molecule has 2 aromatic rings. The first-order chi connectivity index (χ1) is 9.72. The van der Waals surface area contributed by atoms with E-state index >= 15 is 0 Å². The number of amides is 2. The van der Waals surface area contributed by atoms with Gasteiger partial charge >= 0.3 is 6.03 Å². The highest BCUT2D eigenvalue weighted by atomic mass is 16.2.